The van der Waals surface area contributed by atoms with Crippen molar-refractivity contribution in [3.05, 3.63) is 29.6 Å². The molecule has 1 aromatic rings. The number of hydrogen-bond donors (Lipinski definition) is 2. The molecule has 2 rings (SSSR count). The van der Waals surface area contributed by atoms with Gasteiger partial charge in [0, 0.05) is 24.8 Å². The Labute approximate surface area is 111 Å². The minimum atomic E-state index is -0.339. The van der Waals surface area contributed by atoms with E-state index in [2.05, 4.69) is 0 Å². The Kier molecular flexibility index (Phi) is 3.82. The first-order chi connectivity index (χ1) is 8.47. The van der Waals surface area contributed by atoms with Gasteiger partial charge in [-0.1, -0.05) is 12.2 Å². The second kappa shape index (κ2) is 5.20. The van der Waals surface area contributed by atoms with Gasteiger partial charge in [0.15, 0.2) is 0 Å². The number of aliphatic hydroxyl groups is 1. The summed E-state index contributed by atoms with van der Waals surface area (Å²) in [5.41, 5.74) is 7.02. The first-order valence-corrected chi connectivity index (χ1v) is 6.36. The molecule has 0 saturated heterocycles. The highest BCUT2D eigenvalue weighted by molar-refractivity contribution is 7.80. The van der Waals surface area contributed by atoms with Gasteiger partial charge in [-0.2, -0.15) is 0 Å². The van der Waals surface area contributed by atoms with Crippen molar-refractivity contribution in [1.29, 1.82) is 0 Å². The van der Waals surface area contributed by atoms with Gasteiger partial charge in [-0.3, -0.25) is 0 Å². The van der Waals surface area contributed by atoms with Crippen LogP contribution in [-0.4, -0.2) is 29.8 Å². The highest BCUT2D eigenvalue weighted by atomic mass is 32.1. The zero-order valence-electron chi connectivity index (χ0n) is 10.3. The van der Waals surface area contributed by atoms with Crippen molar-refractivity contribution in [3.8, 4) is 0 Å². The van der Waals surface area contributed by atoms with Gasteiger partial charge in [0.05, 0.1) is 6.10 Å². The summed E-state index contributed by atoms with van der Waals surface area (Å²) in [4.78, 5) is 2.22. The fourth-order valence-electron chi connectivity index (χ4n) is 2.37. The fraction of sp³-hybridized carbons (Fsp3) is 0.462. The molecule has 1 aliphatic rings. The van der Waals surface area contributed by atoms with Gasteiger partial charge in [0.2, 0.25) is 0 Å². The average molecular weight is 268 g/mol. The molecule has 98 valence electrons. The molecule has 5 heteroatoms. The summed E-state index contributed by atoms with van der Waals surface area (Å²) in [6.45, 7) is 0.818. The predicted molar refractivity (Wildman–Crippen MR) is 74.3 cm³/mol. The smallest absolute Gasteiger partial charge is 0.124 e. The second-order valence-electron chi connectivity index (χ2n) is 4.90. The molecule has 0 radical (unpaired) electrons. The van der Waals surface area contributed by atoms with Crippen LogP contribution in [0.25, 0.3) is 0 Å². The van der Waals surface area contributed by atoms with Gasteiger partial charge in [-0.05, 0) is 37.0 Å². The van der Waals surface area contributed by atoms with E-state index in [0.29, 0.717) is 11.5 Å². The zero-order valence-corrected chi connectivity index (χ0v) is 11.1. The maximum Gasteiger partial charge on any atom is 0.124 e. The average Bonchev–Trinajstić information content (AvgIpc) is 2.26. The van der Waals surface area contributed by atoms with E-state index in [1.807, 2.05) is 11.9 Å². The Morgan fingerprint density at radius 3 is 2.78 bits per heavy atom. The highest BCUT2D eigenvalue weighted by Gasteiger charge is 2.28. The summed E-state index contributed by atoms with van der Waals surface area (Å²) in [7, 11) is 1.93. The molecule has 0 aliphatic heterocycles. The molecule has 1 aromatic carbocycles. The summed E-state index contributed by atoms with van der Waals surface area (Å²) >= 11 is 4.95. The second-order valence-corrected chi connectivity index (χ2v) is 5.34. The van der Waals surface area contributed by atoms with Gasteiger partial charge < -0.3 is 15.7 Å². The van der Waals surface area contributed by atoms with Gasteiger partial charge in [-0.25, -0.2) is 4.39 Å². The number of anilines is 1. The van der Waals surface area contributed by atoms with Gasteiger partial charge in [-0.15, -0.1) is 0 Å². The summed E-state index contributed by atoms with van der Waals surface area (Å²) in [5, 5.41) is 9.27. The van der Waals surface area contributed by atoms with E-state index >= 15 is 0 Å². The topological polar surface area (TPSA) is 49.5 Å². The number of aliphatic hydroxyl groups excluding tert-OH is 1. The molecule has 0 aromatic heterocycles. The third kappa shape index (κ3) is 2.79. The number of rotatable bonds is 4. The van der Waals surface area contributed by atoms with E-state index in [0.717, 1.165) is 25.1 Å². The molecule has 0 spiro atoms. The Morgan fingerprint density at radius 1 is 1.56 bits per heavy atom. The summed E-state index contributed by atoms with van der Waals surface area (Å²) < 4.78 is 13.2. The van der Waals surface area contributed by atoms with Crippen molar-refractivity contribution in [2.75, 3.05) is 18.5 Å². The molecule has 1 saturated carbocycles. The van der Waals surface area contributed by atoms with Crippen LogP contribution in [0.4, 0.5) is 10.1 Å². The lowest BCUT2D eigenvalue weighted by Crippen LogP contribution is -2.37. The molecular weight excluding hydrogens is 251 g/mol. The number of nitrogens with zero attached hydrogens (tertiary/aromatic N) is 1. The van der Waals surface area contributed by atoms with E-state index in [4.69, 9.17) is 18.0 Å². The number of hydrogen-bond acceptors (Lipinski definition) is 3. The molecule has 0 atom stereocenters. The molecular formula is C13H17FN2OS. The van der Waals surface area contributed by atoms with E-state index in [-0.39, 0.29) is 16.9 Å². The maximum atomic E-state index is 13.2. The van der Waals surface area contributed by atoms with E-state index in [1.54, 1.807) is 6.07 Å². The quantitative estimate of drug-likeness (QED) is 0.816. The first kappa shape index (κ1) is 13.2. The van der Waals surface area contributed by atoms with E-state index < -0.39 is 0 Å². The zero-order chi connectivity index (χ0) is 13.3. The van der Waals surface area contributed by atoms with Crippen molar-refractivity contribution in [2.24, 2.45) is 11.7 Å². The molecule has 0 unspecified atom stereocenters. The third-order valence-electron chi connectivity index (χ3n) is 3.38. The molecule has 0 amide bonds. The molecule has 1 fully saturated rings. The van der Waals surface area contributed by atoms with Crippen LogP contribution in [0.15, 0.2) is 18.2 Å². The minimum absolute atomic E-state index is 0.160. The minimum Gasteiger partial charge on any atom is -0.393 e. The van der Waals surface area contributed by atoms with Crippen LogP contribution in [0.1, 0.15) is 18.4 Å². The Balaban J connectivity index is 2.13. The van der Waals surface area contributed by atoms with Gasteiger partial charge in [0.25, 0.3) is 0 Å². The molecule has 1 aliphatic carbocycles. The lowest BCUT2D eigenvalue weighted by Gasteiger charge is -2.35. The standard InChI is InChI=1S/C13H17FN2OS/c1-16(7-8-4-10(17)5-8)12-3-2-9(14)6-11(12)13(15)18/h2-3,6,8,10,17H,4-5,7H2,1H3,(H2,15,18). The number of thiocarbonyl (C=S) groups is 1. The molecule has 18 heavy (non-hydrogen) atoms. The number of benzene rings is 1. The van der Waals surface area contributed by atoms with Crippen LogP contribution >= 0.6 is 12.2 Å². The Bertz CT molecular complexity index is 460. The molecule has 0 heterocycles. The highest BCUT2D eigenvalue weighted by Crippen LogP contribution is 2.30. The van der Waals surface area contributed by atoms with Crippen molar-refractivity contribution in [2.45, 2.75) is 18.9 Å². The lowest BCUT2D eigenvalue weighted by molar-refractivity contribution is 0.0465. The van der Waals surface area contributed by atoms with Crippen molar-refractivity contribution >= 4 is 22.9 Å². The van der Waals surface area contributed by atoms with Crippen LogP contribution in [-0.2, 0) is 0 Å². The monoisotopic (exact) mass is 268 g/mol. The van der Waals surface area contributed by atoms with Crippen LogP contribution in [0, 0.1) is 11.7 Å². The SMILES string of the molecule is CN(CC1CC(O)C1)c1ccc(F)cc1C(N)=S. The normalized spacial score (nSPS) is 22.4. The lowest BCUT2D eigenvalue weighted by atomic mass is 9.82. The van der Waals surface area contributed by atoms with Gasteiger partial charge >= 0.3 is 0 Å². The Morgan fingerprint density at radius 2 is 2.22 bits per heavy atom. The third-order valence-corrected chi connectivity index (χ3v) is 3.60. The van der Waals surface area contributed by atoms with Crippen LogP contribution in [0.2, 0.25) is 0 Å². The van der Waals surface area contributed by atoms with Crippen LogP contribution < -0.4 is 10.6 Å². The molecule has 3 nitrogen and oxygen atoms in total. The maximum absolute atomic E-state index is 13.2. The Hall–Kier alpha value is -1.20. The van der Waals surface area contributed by atoms with Crippen LogP contribution in [0.5, 0.6) is 0 Å². The van der Waals surface area contributed by atoms with Crippen molar-refractivity contribution in [3.63, 3.8) is 0 Å². The first-order valence-electron chi connectivity index (χ1n) is 5.96. The number of nitrogens with two attached hydrogens (primary N) is 1. The number of halogens is 1. The fourth-order valence-corrected chi connectivity index (χ4v) is 2.54. The van der Waals surface area contributed by atoms with Crippen molar-refractivity contribution in [1.82, 2.24) is 0 Å². The van der Waals surface area contributed by atoms with E-state index in [9.17, 15) is 9.50 Å². The van der Waals surface area contributed by atoms with Crippen molar-refractivity contribution < 1.29 is 9.50 Å². The van der Waals surface area contributed by atoms with Crippen LogP contribution in [0.3, 0.4) is 0 Å². The summed E-state index contributed by atoms with van der Waals surface area (Å²) in [5.74, 6) is 0.142. The van der Waals surface area contributed by atoms with Gasteiger partial charge in [0.1, 0.15) is 10.8 Å². The summed E-state index contributed by atoms with van der Waals surface area (Å²) in [6, 6.07) is 4.46. The van der Waals surface area contributed by atoms with E-state index in [1.165, 1.54) is 12.1 Å². The predicted octanol–water partition coefficient (Wildman–Crippen LogP) is 1.67. The largest absolute Gasteiger partial charge is 0.393 e. The summed E-state index contributed by atoms with van der Waals surface area (Å²) in [6.07, 6.45) is 1.49. The molecule has 0 bridgehead atoms. The molecule has 3 N–H and O–H groups in total.